The monoisotopic (exact) mass is 323 g/mol. The van der Waals surface area contributed by atoms with Crippen LogP contribution in [0.1, 0.15) is 24.8 Å². The van der Waals surface area contributed by atoms with Crippen molar-refractivity contribution in [1.29, 1.82) is 0 Å². The molecule has 24 heavy (non-hydrogen) atoms. The summed E-state index contributed by atoms with van der Waals surface area (Å²) in [5.41, 5.74) is 2.93. The number of rotatable bonds is 6. The van der Waals surface area contributed by atoms with E-state index in [1.807, 2.05) is 48.5 Å². The van der Waals surface area contributed by atoms with Crippen molar-refractivity contribution in [3.8, 4) is 11.5 Å². The summed E-state index contributed by atoms with van der Waals surface area (Å²) < 4.78 is 11.3. The van der Waals surface area contributed by atoms with E-state index >= 15 is 0 Å². The Hall–Kier alpha value is -2.75. The number of ketones is 1. The lowest BCUT2D eigenvalue weighted by molar-refractivity contribution is -0.115. The van der Waals surface area contributed by atoms with Crippen LogP contribution in [-0.2, 0) is 11.4 Å². The number of hydrogen-bond donors (Lipinski definition) is 1. The third kappa shape index (κ3) is 4.16. The molecular weight excluding hydrogens is 302 g/mol. The Morgan fingerprint density at radius 1 is 1.04 bits per heavy atom. The predicted molar refractivity (Wildman–Crippen MR) is 94.3 cm³/mol. The molecule has 0 spiro atoms. The van der Waals surface area contributed by atoms with Gasteiger partial charge in [0.05, 0.1) is 7.11 Å². The first-order valence-electron chi connectivity index (χ1n) is 8.10. The van der Waals surface area contributed by atoms with E-state index < -0.39 is 0 Å². The number of nitrogens with one attached hydrogen (secondary N) is 1. The van der Waals surface area contributed by atoms with Crippen LogP contribution < -0.4 is 14.8 Å². The van der Waals surface area contributed by atoms with E-state index in [2.05, 4.69) is 5.32 Å². The maximum absolute atomic E-state index is 11.5. The van der Waals surface area contributed by atoms with Gasteiger partial charge in [-0.15, -0.1) is 0 Å². The Morgan fingerprint density at radius 2 is 1.88 bits per heavy atom. The predicted octanol–water partition coefficient (Wildman–Crippen LogP) is 4.32. The summed E-state index contributed by atoms with van der Waals surface area (Å²) in [5.74, 6) is 1.54. The van der Waals surface area contributed by atoms with Crippen LogP contribution in [0.15, 0.2) is 60.3 Å². The van der Waals surface area contributed by atoms with Crippen molar-refractivity contribution in [2.75, 3.05) is 12.4 Å². The molecule has 0 atom stereocenters. The van der Waals surface area contributed by atoms with Gasteiger partial charge in [-0.1, -0.05) is 30.3 Å². The van der Waals surface area contributed by atoms with Gasteiger partial charge in [-0.2, -0.15) is 0 Å². The van der Waals surface area contributed by atoms with Gasteiger partial charge < -0.3 is 14.8 Å². The Kier molecular flexibility index (Phi) is 5.16. The second kappa shape index (κ2) is 7.68. The number of carbonyl (C=O) groups excluding carboxylic acids is 1. The number of benzene rings is 2. The molecule has 0 radical (unpaired) electrons. The van der Waals surface area contributed by atoms with Crippen LogP contribution in [0.4, 0.5) is 5.69 Å². The van der Waals surface area contributed by atoms with Crippen molar-refractivity contribution in [2.24, 2.45) is 0 Å². The van der Waals surface area contributed by atoms with Gasteiger partial charge in [-0.25, -0.2) is 0 Å². The van der Waals surface area contributed by atoms with Gasteiger partial charge in [0.2, 0.25) is 0 Å². The molecule has 0 saturated heterocycles. The quantitative estimate of drug-likeness (QED) is 0.860. The van der Waals surface area contributed by atoms with Gasteiger partial charge >= 0.3 is 0 Å². The lowest BCUT2D eigenvalue weighted by Crippen LogP contribution is -2.09. The van der Waals surface area contributed by atoms with E-state index in [1.165, 1.54) is 0 Å². The van der Waals surface area contributed by atoms with Gasteiger partial charge in [0.25, 0.3) is 0 Å². The minimum absolute atomic E-state index is 0.179. The summed E-state index contributed by atoms with van der Waals surface area (Å²) in [6.45, 7) is 0.474. The highest BCUT2D eigenvalue weighted by molar-refractivity contribution is 5.91. The molecule has 124 valence electrons. The second-order valence-electron chi connectivity index (χ2n) is 5.75. The van der Waals surface area contributed by atoms with Crippen molar-refractivity contribution in [3.05, 3.63) is 65.9 Å². The van der Waals surface area contributed by atoms with Crippen molar-refractivity contribution >= 4 is 11.5 Å². The fourth-order valence-corrected chi connectivity index (χ4v) is 2.68. The van der Waals surface area contributed by atoms with Crippen LogP contribution in [0, 0.1) is 0 Å². The number of carbonyl (C=O) groups is 1. The number of anilines is 1. The number of hydrogen-bond acceptors (Lipinski definition) is 4. The Labute approximate surface area is 142 Å². The van der Waals surface area contributed by atoms with Gasteiger partial charge in [-0.3, -0.25) is 4.79 Å². The summed E-state index contributed by atoms with van der Waals surface area (Å²) in [7, 11) is 1.63. The molecule has 1 aliphatic rings. The van der Waals surface area contributed by atoms with Crippen molar-refractivity contribution in [3.63, 3.8) is 0 Å². The molecule has 1 N–H and O–H groups in total. The lowest BCUT2D eigenvalue weighted by atomic mass is 10.0. The fraction of sp³-hybridized carbons (Fsp3) is 0.250. The van der Waals surface area contributed by atoms with Crippen LogP contribution in [-0.4, -0.2) is 12.9 Å². The van der Waals surface area contributed by atoms with Crippen molar-refractivity contribution in [2.45, 2.75) is 25.9 Å². The smallest absolute Gasteiger partial charge is 0.163 e. The normalized spacial score (nSPS) is 14.0. The molecule has 0 fully saturated rings. The highest BCUT2D eigenvalue weighted by Gasteiger charge is 2.11. The molecule has 1 aliphatic carbocycles. The third-order valence-corrected chi connectivity index (χ3v) is 3.91. The molecule has 0 amide bonds. The van der Waals surface area contributed by atoms with Crippen LogP contribution >= 0.6 is 0 Å². The summed E-state index contributed by atoms with van der Waals surface area (Å²) in [6.07, 6.45) is 4.11. The molecule has 0 saturated carbocycles. The van der Waals surface area contributed by atoms with E-state index in [-0.39, 0.29) is 5.78 Å². The standard InChI is InChI=1S/C20H21NO3/c1-23-19-11-10-17(21-16-8-5-9-18(22)12-16)13-20(19)24-14-15-6-3-2-4-7-15/h2-4,6-7,10-13,21H,5,8-9,14H2,1H3. The maximum Gasteiger partial charge on any atom is 0.163 e. The number of ether oxygens (including phenoxy) is 2. The Morgan fingerprint density at radius 3 is 2.62 bits per heavy atom. The summed E-state index contributed by atoms with van der Waals surface area (Å²) >= 11 is 0. The van der Waals surface area contributed by atoms with Gasteiger partial charge in [0.15, 0.2) is 17.3 Å². The zero-order valence-corrected chi connectivity index (χ0v) is 13.7. The summed E-state index contributed by atoms with van der Waals surface area (Å²) in [6, 6.07) is 15.7. The average Bonchev–Trinajstić information content (AvgIpc) is 2.61. The third-order valence-electron chi connectivity index (χ3n) is 3.91. The largest absolute Gasteiger partial charge is 0.493 e. The average molecular weight is 323 g/mol. The highest BCUT2D eigenvalue weighted by Crippen LogP contribution is 2.32. The van der Waals surface area contributed by atoms with E-state index in [4.69, 9.17) is 9.47 Å². The molecular formula is C20H21NO3. The molecule has 0 heterocycles. The minimum Gasteiger partial charge on any atom is -0.493 e. The molecule has 0 unspecified atom stereocenters. The molecule has 0 bridgehead atoms. The zero-order chi connectivity index (χ0) is 16.8. The summed E-state index contributed by atoms with van der Waals surface area (Å²) in [4.78, 5) is 11.5. The molecule has 3 rings (SSSR count). The van der Waals surface area contributed by atoms with Crippen LogP contribution in [0.25, 0.3) is 0 Å². The van der Waals surface area contributed by atoms with E-state index in [0.29, 0.717) is 24.5 Å². The zero-order valence-electron chi connectivity index (χ0n) is 13.7. The van der Waals surface area contributed by atoms with E-state index in [0.717, 1.165) is 29.8 Å². The topological polar surface area (TPSA) is 47.6 Å². The first-order chi connectivity index (χ1) is 11.7. The Bertz CT molecular complexity index is 738. The van der Waals surface area contributed by atoms with Gasteiger partial charge in [0.1, 0.15) is 6.61 Å². The number of methoxy groups -OCH3 is 1. The molecule has 4 heteroatoms. The SMILES string of the molecule is COc1ccc(NC2=CC(=O)CCC2)cc1OCc1ccccc1. The second-order valence-corrected chi connectivity index (χ2v) is 5.75. The lowest BCUT2D eigenvalue weighted by Gasteiger charge is -2.17. The minimum atomic E-state index is 0.179. The summed E-state index contributed by atoms with van der Waals surface area (Å²) in [5, 5.41) is 3.31. The van der Waals surface area contributed by atoms with Gasteiger partial charge in [-0.05, 0) is 30.5 Å². The first-order valence-corrected chi connectivity index (χ1v) is 8.10. The van der Waals surface area contributed by atoms with Gasteiger partial charge in [0, 0.05) is 29.9 Å². The van der Waals surface area contributed by atoms with Crippen LogP contribution in [0.5, 0.6) is 11.5 Å². The van der Waals surface area contributed by atoms with Crippen molar-refractivity contribution < 1.29 is 14.3 Å². The van der Waals surface area contributed by atoms with Crippen LogP contribution in [0.3, 0.4) is 0 Å². The Balaban J connectivity index is 1.74. The molecule has 0 aliphatic heterocycles. The molecule has 4 nitrogen and oxygen atoms in total. The van der Waals surface area contributed by atoms with E-state index in [9.17, 15) is 4.79 Å². The van der Waals surface area contributed by atoms with E-state index in [1.54, 1.807) is 13.2 Å². The van der Waals surface area contributed by atoms with Crippen LogP contribution in [0.2, 0.25) is 0 Å². The fourth-order valence-electron chi connectivity index (χ4n) is 2.68. The number of allylic oxidation sites excluding steroid dienone is 2. The molecule has 2 aromatic carbocycles. The van der Waals surface area contributed by atoms with Crippen molar-refractivity contribution in [1.82, 2.24) is 0 Å². The first kappa shape index (κ1) is 16.1. The molecule has 0 aromatic heterocycles. The molecule has 2 aromatic rings. The highest BCUT2D eigenvalue weighted by atomic mass is 16.5. The maximum atomic E-state index is 11.5.